The lowest BCUT2D eigenvalue weighted by atomic mass is 10.4. The highest BCUT2D eigenvalue weighted by molar-refractivity contribution is 5.73. The van der Waals surface area contributed by atoms with Crippen molar-refractivity contribution in [3.05, 3.63) is 0 Å². The van der Waals surface area contributed by atoms with Crippen LogP contribution in [0.5, 0.6) is 0 Å². The van der Waals surface area contributed by atoms with Crippen molar-refractivity contribution in [3.63, 3.8) is 0 Å². The SMILES string of the molecule is CC(O)C(=O)ONCCN. The fourth-order valence-electron chi connectivity index (χ4n) is 0.266. The third kappa shape index (κ3) is 4.25. The van der Waals surface area contributed by atoms with Crippen LogP contribution in [0.4, 0.5) is 0 Å². The van der Waals surface area contributed by atoms with Gasteiger partial charge in [0.05, 0.1) is 0 Å². The average Bonchev–Trinajstić information content (AvgIpc) is 1.88. The number of nitrogens with one attached hydrogen (secondary N) is 1. The van der Waals surface area contributed by atoms with Gasteiger partial charge in [0.25, 0.3) is 0 Å². The summed E-state index contributed by atoms with van der Waals surface area (Å²) < 4.78 is 0. The number of rotatable bonds is 4. The molecular formula is C5H12N2O3. The molecule has 0 aliphatic heterocycles. The molecule has 0 spiro atoms. The van der Waals surface area contributed by atoms with Gasteiger partial charge in [0.15, 0.2) is 6.10 Å². The van der Waals surface area contributed by atoms with Crippen molar-refractivity contribution in [1.82, 2.24) is 5.48 Å². The molecule has 5 nitrogen and oxygen atoms in total. The van der Waals surface area contributed by atoms with Crippen molar-refractivity contribution in [2.45, 2.75) is 13.0 Å². The van der Waals surface area contributed by atoms with Gasteiger partial charge in [-0.3, -0.25) is 0 Å². The zero-order valence-electron chi connectivity index (χ0n) is 5.83. The maximum absolute atomic E-state index is 10.4. The van der Waals surface area contributed by atoms with Gasteiger partial charge in [-0.15, -0.1) is 0 Å². The van der Waals surface area contributed by atoms with Crippen molar-refractivity contribution < 1.29 is 14.7 Å². The summed E-state index contributed by atoms with van der Waals surface area (Å²) in [6.45, 7) is 2.10. The lowest BCUT2D eigenvalue weighted by Crippen LogP contribution is -2.30. The van der Waals surface area contributed by atoms with Crippen LogP contribution in [0.25, 0.3) is 0 Å². The topological polar surface area (TPSA) is 84.6 Å². The predicted octanol–water partition coefficient (Wildman–Crippen LogP) is -1.63. The largest absolute Gasteiger partial charge is 0.382 e. The molecule has 0 aliphatic carbocycles. The molecule has 0 aromatic rings. The fraction of sp³-hybridized carbons (Fsp3) is 0.800. The number of hydrogen-bond acceptors (Lipinski definition) is 5. The van der Waals surface area contributed by atoms with Crippen molar-refractivity contribution in [2.75, 3.05) is 13.1 Å². The zero-order chi connectivity index (χ0) is 7.98. The lowest BCUT2D eigenvalue weighted by Gasteiger charge is -2.04. The Balaban J connectivity index is 3.22. The first-order valence-corrected chi connectivity index (χ1v) is 3.00. The molecule has 4 N–H and O–H groups in total. The van der Waals surface area contributed by atoms with Crippen LogP contribution in [0.15, 0.2) is 0 Å². The molecule has 0 saturated carbocycles. The van der Waals surface area contributed by atoms with E-state index in [1.54, 1.807) is 0 Å². The highest BCUT2D eigenvalue weighted by Gasteiger charge is 2.08. The molecule has 0 aliphatic rings. The minimum atomic E-state index is -1.09. The van der Waals surface area contributed by atoms with Gasteiger partial charge in [-0.25, -0.2) is 4.79 Å². The summed E-state index contributed by atoms with van der Waals surface area (Å²) in [5, 5.41) is 8.57. The molecule has 5 heteroatoms. The number of hydrogen-bond donors (Lipinski definition) is 3. The summed E-state index contributed by atoms with van der Waals surface area (Å²) in [5.41, 5.74) is 7.36. The van der Waals surface area contributed by atoms with E-state index in [4.69, 9.17) is 10.8 Å². The van der Waals surface area contributed by atoms with E-state index in [0.717, 1.165) is 0 Å². The van der Waals surface area contributed by atoms with Crippen LogP contribution in [-0.4, -0.2) is 30.3 Å². The third-order valence-electron chi connectivity index (χ3n) is 0.760. The Morgan fingerprint density at radius 1 is 1.90 bits per heavy atom. The van der Waals surface area contributed by atoms with E-state index in [9.17, 15) is 4.79 Å². The first-order valence-electron chi connectivity index (χ1n) is 3.00. The van der Waals surface area contributed by atoms with Gasteiger partial charge in [-0.05, 0) is 6.92 Å². The van der Waals surface area contributed by atoms with Gasteiger partial charge in [-0.2, -0.15) is 5.48 Å². The van der Waals surface area contributed by atoms with Crippen LogP contribution in [0.1, 0.15) is 6.92 Å². The number of nitrogens with two attached hydrogens (primary N) is 1. The van der Waals surface area contributed by atoms with E-state index in [-0.39, 0.29) is 0 Å². The summed E-state index contributed by atoms with van der Waals surface area (Å²) in [6, 6.07) is 0. The van der Waals surface area contributed by atoms with Crippen molar-refractivity contribution in [2.24, 2.45) is 5.73 Å². The Morgan fingerprint density at radius 2 is 2.50 bits per heavy atom. The zero-order valence-corrected chi connectivity index (χ0v) is 5.83. The summed E-state index contributed by atoms with van der Waals surface area (Å²) in [5.74, 6) is -0.701. The van der Waals surface area contributed by atoms with Gasteiger partial charge < -0.3 is 15.7 Å². The molecule has 0 fully saturated rings. The second-order valence-electron chi connectivity index (χ2n) is 1.78. The molecule has 10 heavy (non-hydrogen) atoms. The highest BCUT2D eigenvalue weighted by atomic mass is 16.7. The second kappa shape index (κ2) is 5.16. The molecule has 0 saturated heterocycles. The Morgan fingerprint density at radius 3 is 2.90 bits per heavy atom. The second-order valence-corrected chi connectivity index (χ2v) is 1.78. The summed E-state index contributed by atoms with van der Waals surface area (Å²) in [7, 11) is 0. The Labute approximate surface area is 59.1 Å². The van der Waals surface area contributed by atoms with Gasteiger partial charge in [0.2, 0.25) is 0 Å². The van der Waals surface area contributed by atoms with E-state index >= 15 is 0 Å². The summed E-state index contributed by atoms with van der Waals surface area (Å²) >= 11 is 0. The van der Waals surface area contributed by atoms with Crippen LogP contribution in [0.3, 0.4) is 0 Å². The number of aliphatic hydroxyl groups excluding tert-OH is 1. The monoisotopic (exact) mass is 148 g/mol. The van der Waals surface area contributed by atoms with Crippen LogP contribution in [0, 0.1) is 0 Å². The van der Waals surface area contributed by atoms with Crippen LogP contribution in [0.2, 0.25) is 0 Å². The van der Waals surface area contributed by atoms with Crippen LogP contribution >= 0.6 is 0 Å². The quantitative estimate of drug-likeness (QED) is 0.329. The van der Waals surface area contributed by atoms with E-state index in [2.05, 4.69) is 10.3 Å². The Kier molecular flexibility index (Phi) is 4.82. The van der Waals surface area contributed by atoms with Crippen LogP contribution in [-0.2, 0) is 9.63 Å². The molecule has 0 heterocycles. The molecule has 60 valence electrons. The standard InChI is InChI=1S/C5H12N2O3/c1-4(8)5(9)10-7-3-2-6/h4,7-8H,2-3,6H2,1H3. The number of carbonyl (C=O) groups is 1. The normalized spacial score (nSPS) is 12.7. The van der Waals surface area contributed by atoms with E-state index < -0.39 is 12.1 Å². The molecule has 0 aromatic carbocycles. The Bertz CT molecular complexity index is 105. The van der Waals surface area contributed by atoms with Gasteiger partial charge in [-0.1, -0.05) is 0 Å². The summed E-state index contributed by atoms with van der Waals surface area (Å²) in [4.78, 5) is 14.8. The van der Waals surface area contributed by atoms with Crippen molar-refractivity contribution in [3.8, 4) is 0 Å². The third-order valence-corrected chi connectivity index (χ3v) is 0.760. The number of hydroxylamine groups is 1. The van der Waals surface area contributed by atoms with Gasteiger partial charge >= 0.3 is 5.97 Å². The Hall–Kier alpha value is -0.650. The molecule has 1 unspecified atom stereocenters. The van der Waals surface area contributed by atoms with E-state index in [1.807, 2.05) is 0 Å². The minimum Gasteiger partial charge on any atom is -0.382 e. The lowest BCUT2D eigenvalue weighted by molar-refractivity contribution is -0.160. The fourth-order valence-corrected chi connectivity index (χ4v) is 0.266. The molecule has 0 radical (unpaired) electrons. The average molecular weight is 148 g/mol. The molecule has 1 atom stereocenters. The highest BCUT2D eigenvalue weighted by Crippen LogP contribution is 1.81. The molecule has 0 aromatic heterocycles. The summed E-state index contributed by atoms with van der Waals surface area (Å²) in [6.07, 6.45) is -1.09. The van der Waals surface area contributed by atoms with Crippen molar-refractivity contribution in [1.29, 1.82) is 0 Å². The first-order chi connectivity index (χ1) is 4.68. The van der Waals surface area contributed by atoms with Crippen LogP contribution < -0.4 is 11.2 Å². The van der Waals surface area contributed by atoms with E-state index in [0.29, 0.717) is 13.1 Å². The van der Waals surface area contributed by atoms with Crippen molar-refractivity contribution >= 4 is 5.97 Å². The number of aliphatic hydroxyl groups is 1. The maximum Gasteiger partial charge on any atom is 0.353 e. The smallest absolute Gasteiger partial charge is 0.353 e. The molecule has 0 rings (SSSR count). The number of carbonyl (C=O) groups excluding carboxylic acids is 1. The maximum atomic E-state index is 10.4. The molecule has 0 bridgehead atoms. The molecular weight excluding hydrogens is 136 g/mol. The van der Waals surface area contributed by atoms with Gasteiger partial charge in [0, 0.05) is 13.1 Å². The molecule has 0 amide bonds. The van der Waals surface area contributed by atoms with E-state index in [1.165, 1.54) is 6.92 Å². The minimum absolute atomic E-state index is 0.382. The van der Waals surface area contributed by atoms with Gasteiger partial charge in [0.1, 0.15) is 0 Å². The predicted molar refractivity (Wildman–Crippen MR) is 34.8 cm³/mol. The first kappa shape index (κ1) is 9.35.